The molecule has 62 heavy (non-hydrogen) atoms. The Labute approximate surface area is 359 Å². The van der Waals surface area contributed by atoms with Gasteiger partial charge in [0.15, 0.2) is 34.5 Å². The predicted molar refractivity (Wildman–Crippen MR) is 231 cm³/mol. The fourth-order valence-electron chi connectivity index (χ4n) is 8.48. The van der Waals surface area contributed by atoms with E-state index in [1.54, 1.807) is 24.3 Å². The Bertz CT molecular complexity index is 2390. The fraction of sp³-hybridized carbons (Fsp3) is 0.435. The van der Waals surface area contributed by atoms with Gasteiger partial charge in [0, 0.05) is 59.4 Å². The lowest BCUT2D eigenvalue weighted by Crippen LogP contribution is -2.35. The van der Waals surface area contributed by atoms with Crippen LogP contribution in [0.5, 0.6) is 40.2 Å². The highest BCUT2D eigenvalue weighted by atomic mass is 16.6. The molecule has 3 aromatic carbocycles. The quantitative estimate of drug-likeness (QED) is 0.0761. The molecular formula is C46H54N4O12. The average molecular weight is 855 g/mol. The van der Waals surface area contributed by atoms with Crippen molar-refractivity contribution >= 4 is 40.7 Å². The summed E-state index contributed by atoms with van der Waals surface area (Å²) in [6.07, 6.45) is 6.23. The lowest BCUT2D eigenvalue weighted by atomic mass is 9.86. The number of fused-ring (bicyclic) bond motifs is 2. The first-order chi connectivity index (χ1) is 30.1. The second-order valence-electron chi connectivity index (χ2n) is 15.6. The van der Waals surface area contributed by atoms with Crippen molar-refractivity contribution in [3.05, 3.63) is 75.1 Å². The Balaban J connectivity index is 0.000000887. The van der Waals surface area contributed by atoms with Gasteiger partial charge in [0.2, 0.25) is 5.75 Å². The predicted octanol–water partition coefficient (Wildman–Crippen LogP) is 4.84. The minimum atomic E-state index is -0.681. The van der Waals surface area contributed by atoms with Crippen LogP contribution in [0, 0.1) is 0 Å². The van der Waals surface area contributed by atoms with Gasteiger partial charge in [-0.05, 0) is 101 Å². The van der Waals surface area contributed by atoms with Crippen molar-refractivity contribution < 1.29 is 52.0 Å². The number of likely N-dealkylation sites (N-methyl/N-ethyl adjacent to an activating group) is 1. The van der Waals surface area contributed by atoms with Gasteiger partial charge in [0.05, 0.1) is 34.1 Å². The van der Waals surface area contributed by atoms with E-state index >= 15 is 0 Å². The summed E-state index contributed by atoms with van der Waals surface area (Å²) < 4.78 is 45.9. The maximum Gasteiger partial charge on any atom is 0.336 e. The van der Waals surface area contributed by atoms with Gasteiger partial charge >= 0.3 is 17.6 Å². The zero-order chi connectivity index (χ0) is 43.9. The summed E-state index contributed by atoms with van der Waals surface area (Å²) in [7, 11) is 7.80. The molecule has 330 valence electrons. The van der Waals surface area contributed by atoms with E-state index in [0.29, 0.717) is 77.0 Å². The number of hydrogen-bond acceptors (Lipinski definition) is 16. The van der Waals surface area contributed by atoms with Gasteiger partial charge in [-0.3, -0.25) is 4.79 Å². The number of methoxy groups -OCH3 is 4. The van der Waals surface area contributed by atoms with Crippen molar-refractivity contribution in [3.8, 4) is 40.2 Å². The number of nitrogens with zero attached hydrogens (tertiary/aromatic N) is 1. The van der Waals surface area contributed by atoms with E-state index in [4.69, 9.17) is 37.6 Å². The molecule has 0 amide bonds. The average Bonchev–Trinajstić information content (AvgIpc) is 4.11. The van der Waals surface area contributed by atoms with Gasteiger partial charge in [-0.2, -0.15) is 0 Å². The molecule has 3 fully saturated rings. The smallest absolute Gasteiger partial charge is 0.336 e. The van der Waals surface area contributed by atoms with Crippen LogP contribution in [-0.2, 0) is 20.8 Å². The molecule has 4 aliphatic rings. The number of carbonyl (C=O) groups excluding carboxylic acids is 3. The first-order valence-electron chi connectivity index (χ1n) is 20.9. The fourth-order valence-corrected chi connectivity index (χ4v) is 8.48. The van der Waals surface area contributed by atoms with E-state index < -0.39 is 29.6 Å². The summed E-state index contributed by atoms with van der Waals surface area (Å²) in [6, 6.07) is 11.3. The lowest BCUT2D eigenvalue weighted by Gasteiger charge is -2.34. The summed E-state index contributed by atoms with van der Waals surface area (Å²) >= 11 is 0. The molecule has 4 aromatic rings. The Kier molecular flexibility index (Phi) is 14.0. The van der Waals surface area contributed by atoms with Gasteiger partial charge in [-0.15, -0.1) is 0 Å². The molecule has 1 unspecified atom stereocenters. The summed E-state index contributed by atoms with van der Waals surface area (Å²) in [5, 5.41) is 10.1. The number of carbonyl (C=O) groups is 3. The zero-order valence-electron chi connectivity index (χ0n) is 36.0. The maximum absolute atomic E-state index is 13.5. The number of benzene rings is 3. The van der Waals surface area contributed by atoms with Crippen LogP contribution in [-0.4, -0.2) is 103 Å². The van der Waals surface area contributed by atoms with E-state index in [1.165, 1.54) is 60.0 Å². The number of rotatable bonds is 12. The third-order valence-electron chi connectivity index (χ3n) is 11.6. The molecule has 4 aliphatic heterocycles. The highest BCUT2D eigenvalue weighted by Crippen LogP contribution is 2.50. The zero-order valence-corrected chi connectivity index (χ0v) is 36.0. The normalized spacial score (nSPS) is 20.1. The number of ether oxygens (including phenoxy) is 7. The van der Waals surface area contributed by atoms with E-state index in [9.17, 15) is 19.2 Å². The Hall–Kier alpha value is -6.10. The second kappa shape index (κ2) is 19.7. The summed E-state index contributed by atoms with van der Waals surface area (Å²) in [5.41, 5.74) is 2.92. The molecule has 3 atom stereocenters. The van der Waals surface area contributed by atoms with Gasteiger partial charge in [-0.25, -0.2) is 14.4 Å². The van der Waals surface area contributed by atoms with Gasteiger partial charge in [-0.1, -0.05) is 6.07 Å². The summed E-state index contributed by atoms with van der Waals surface area (Å²) in [5.74, 6) is 0.710. The number of hydrogen-bond donors (Lipinski definition) is 3. The van der Waals surface area contributed by atoms with Crippen molar-refractivity contribution in [2.24, 2.45) is 0 Å². The topological polar surface area (TPSA) is 185 Å². The number of nitrogens with one attached hydrogen (secondary N) is 3. The molecule has 0 saturated carbocycles. The van der Waals surface area contributed by atoms with Crippen LogP contribution in [0.2, 0.25) is 0 Å². The molecule has 16 heteroatoms. The van der Waals surface area contributed by atoms with Crippen LogP contribution in [0.15, 0.2) is 51.7 Å². The molecule has 8 rings (SSSR count). The van der Waals surface area contributed by atoms with Crippen LogP contribution in [0.25, 0.3) is 22.2 Å². The summed E-state index contributed by atoms with van der Waals surface area (Å²) in [6.45, 7) is 5.62. The number of esters is 2. The third-order valence-corrected chi connectivity index (χ3v) is 11.6. The molecule has 1 aromatic heterocycles. The van der Waals surface area contributed by atoms with Crippen LogP contribution in [0.3, 0.4) is 0 Å². The highest BCUT2D eigenvalue weighted by molar-refractivity contribution is 6.06. The Morgan fingerprint density at radius 1 is 0.742 bits per heavy atom. The van der Waals surface area contributed by atoms with Crippen molar-refractivity contribution in [1.82, 2.24) is 20.9 Å². The second-order valence-corrected chi connectivity index (χ2v) is 15.6. The first kappa shape index (κ1) is 44.0. The van der Waals surface area contributed by atoms with E-state index in [2.05, 4.69) is 22.9 Å². The minimum Gasteiger partial charge on any atom is -0.493 e. The SMILES string of the molecule is COc1cc2c(/C(=C3/c4cc(OC)c(OC)c(OC(=O)C5CCCN5)c4CCN3C)c3ccc(OC(=O)[C@@H]4CCCN4)c(OC)c3)cc(=O)oc2cc1OC=O.C[C@@H]1CCCN1. The van der Waals surface area contributed by atoms with E-state index in [0.717, 1.165) is 25.4 Å². The standard InChI is InChI=1S/C41H43N3O12.C5H11N/c1-44-15-12-23-26(18-34(51-4)39(52-5)38(23)56-41(48)28-9-7-14-43-28)37(44)36(22-10-11-29(31(16-22)49-2)55-40(47)27-8-6-13-42-27)25-19-35(46)54-30-20-33(53-21-45)32(50-3)17-24(25)30;1-5-3-2-4-6-5/h10-11,16-21,27-28,42-43H,6-9,12-15H2,1-5H3;5-6H,2-4H2,1H3/b37-36-;/t27-,28?;5-/m01/s1. The Morgan fingerprint density at radius 2 is 1.40 bits per heavy atom. The molecule has 0 radical (unpaired) electrons. The Morgan fingerprint density at radius 3 is 1.98 bits per heavy atom. The van der Waals surface area contributed by atoms with Crippen molar-refractivity contribution in [2.75, 3.05) is 61.7 Å². The van der Waals surface area contributed by atoms with Crippen LogP contribution >= 0.6 is 0 Å². The largest absolute Gasteiger partial charge is 0.493 e. The van der Waals surface area contributed by atoms with Gasteiger partial charge < -0.3 is 58.4 Å². The van der Waals surface area contributed by atoms with Crippen LogP contribution < -0.4 is 54.7 Å². The maximum atomic E-state index is 13.5. The molecule has 5 heterocycles. The van der Waals surface area contributed by atoms with E-state index in [-0.39, 0.29) is 46.6 Å². The lowest BCUT2D eigenvalue weighted by molar-refractivity contribution is -0.137. The third kappa shape index (κ3) is 9.22. The molecule has 0 spiro atoms. The van der Waals surface area contributed by atoms with Crippen molar-refractivity contribution in [1.29, 1.82) is 0 Å². The minimum absolute atomic E-state index is 0.0502. The highest BCUT2D eigenvalue weighted by Gasteiger charge is 2.34. The molecule has 0 bridgehead atoms. The molecule has 16 nitrogen and oxygen atoms in total. The van der Waals surface area contributed by atoms with Gasteiger partial charge in [0.1, 0.15) is 17.7 Å². The molecule has 3 N–H and O–H groups in total. The van der Waals surface area contributed by atoms with Crippen LogP contribution in [0.1, 0.15) is 67.7 Å². The first-order valence-corrected chi connectivity index (χ1v) is 20.9. The van der Waals surface area contributed by atoms with E-state index in [1.807, 2.05) is 18.0 Å². The van der Waals surface area contributed by atoms with Crippen LogP contribution in [0.4, 0.5) is 0 Å². The van der Waals surface area contributed by atoms with Crippen molar-refractivity contribution in [2.45, 2.75) is 70.0 Å². The summed E-state index contributed by atoms with van der Waals surface area (Å²) in [4.78, 5) is 53.5. The van der Waals surface area contributed by atoms with Crippen molar-refractivity contribution in [3.63, 3.8) is 0 Å². The van der Waals surface area contributed by atoms with Gasteiger partial charge in [0.25, 0.3) is 6.47 Å². The molecule has 3 saturated heterocycles. The monoisotopic (exact) mass is 854 g/mol. The molecule has 0 aliphatic carbocycles. The molecular weight excluding hydrogens is 801 g/mol.